The molecular formula is C58H64BN3O. The standard InChI is InChI=1S/C58H64BN3O/c1-33-25-34(2)48-43(26-33)61(58(12)24-18-16-22-56(48,58)10)37-31-44-49-45(32-37)62-51-40(55(9)21-15-17-23-57(55,62)11)28-36(54(6,7)8)30-42(51)59(49)41-29-35(53(3,4)5)27-39-47-38-19-13-14-20-46(38)63-52(47)60(44)50(39)41/h13-14,19-20,25-32H,15-18,21-24H2,1-12H3. The molecule has 13 rings (SSSR count). The van der Waals surface area contributed by atoms with Crippen molar-refractivity contribution in [3.63, 3.8) is 0 Å². The van der Waals surface area contributed by atoms with Crippen molar-refractivity contribution in [1.82, 2.24) is 4.57 Å². The van der Waals surface area contributed by atoms with E-state index in [1.165, 1.54) is 140 Å². The number of rotatable bonds is 1. The summed E-state index contributed by atoms with van der Waals surface area (Å²) in [6.07, 6.45) is 9.85. The van der Waals surface area contributed by atoms with Crippen molar-refractivity contribution in [1.29, 1.82) is 0 Å². The van der Waals surface area contributed by atoms with Gasteiger partial charge in [0.15, 0.2) is 0 Å². The fourth-order valence-electron chi connectivity index (χ4n) is 15.1. The van der Waals surface area contributed by atoms with Gasteiger partial charge < -0.3 is 14.2 Å². The Balaban J connectivity index is 1.23. The lowest BCUT2D eigenvalue weighted by atomic mass is 9.33. The number of aromatic nitrogens is 1. The fourth-order valence-corrected chi connectivity index (χ4v) is 15.1. The molecule has 7 aromatic rings. The average molecular weight is 830 g/mol. The van der Waals surface area contributed by atoms with Crippen LogP contribution in [0.1, 0.15) is 154 Å². The SMILES string of the molecule is Cc1cc(C)c2c(c1)N(c1cc3c4c(c1)-n1c5oc6ccccc6c5c5cc(C(C)(C)C)cc(c51)B4c1cc(C(C)(C)C)cc4c1N3C1(C)CCCCC41C)C1(C)CCCCC21C. The number of nitrogens with zero attached hydrogens (tertiary/aromatic N) is 3. The van der Waals surface area contributed by atoms with E-state index in [1.54, 1.807) is 11.1 Å². The zero-order chi connectivity index (χ0) is 43.7. The number of furan rings is 1. The largest absolute Gasteiger partial charge is 0.439 e. The van der Waals surface area contributed by atoms with Gasteiger partial charge in [-0.1, -0.05) is 124 Å². The molecule has 2 fully saturated rings. The molecule has 2 saturated carbocycles. The zero-order valence-electron chi connectivity index (χ0n) is 39.9. The Hall–Kier alpha value is -4.90. The highest BCUT2D eigenvalue weighted by atomic mass is 16.3. The Morgan fingerprint density at radius 3 is 1.98 bits per heavy atom. The average Bonchev–Trinajstić information content (AvgIpc) is 3.87. The van der Waals surface area contributed by atoms with Crippen molar-refractivity contribution in [3.05, 3.63) is 106 Å². The highest BCUT2D eigenvalue weighted by molar-refractivity contribution is 7.00. The van der Waals surface area contributed by atoms with E-state index in [0.29, 0.717) is 0 Å². The molecule has 2 aromatic heterocycles. The van der Waals surface area contributed by atoms with Gasteiger partial charge in [0.2, 0.25) is 5.71 Å². The van der Waals surface area contributed by atoms with E-state index in [4.69, 9.17) is 4.42 Å². The van der Waals surface area contributed by atoms with Gasteiger partial charge in [-0.25, -0.2) is 0 Å². The summed E-state index contributed by atoms with van der Waals surface area (Å²) in [6.45, 7) is 29.7. The predicted octanol–water partition coefficient (Wildman–Crippen LogP) is 13.4. The van der Waals surface area contributed by atoms with Gasteiger partial charge in [0.05, 0.1) is 22.0 Å². The normalized spacial score (nSPS) is 26.7. The molecule has 0 radical (unpaired) electrons. The third kappa shape index (κ3) is 4.42. The minimum atomic E-state index is -0.0796. The third-order valence-electron chi connectivity index (χ3n) is 18.7. The van der Waals surface area contributed by atoms with Gasteiger partial charge in [0, 0.05) is 50.0 Å². The van der Waals surface area contributed by atoms with Gasteiger partial charge in [0.25, 0.3) is 6.71 Å². The Kier molecular flexibility index (Phi) is 7.14. The van der Waals surface area contributed by atoms with E-state index < -0.39 is 0 Å². The van der Waals surface area contributed by atoms with Gasteiger partial charge in [0.1, 0.15) is 5.58 Å². The van der Waals surface area contributed by atoms with E-state index in [0.717, 1.165) is 11.3 Å². The van der Waals surface area contributed by atoms with E-state index in [-0.39, 0.29) is 39.5 Å². The van der Waals surface area contributed by atoms with Crippen LogP contribution in [-0.4, -0.2) is 22.4 Å². The molecule has 4 nitrogen and oxygen atoms in total. The molecular weight excluding hydrogens is 765 g/mol. The lowest BCUT2D eigenvalue weighted by molar-refractivity contribution is 0.193. The van der Waals surface area contributed by atoms with Crippen LogP contribution >= 0.6 is 0 Å². The topological polar surface area (TPSA) is 24.6 Å². The number of aryl methyl sites for hydroxylation is 2. The van der Waals surface area contributed by atoms with Crippen molar-refractivity contribution in [3.8, 4) is 5.69 Å². The molecule has 0 bridgehead atoms. The molecule has 0 N–H and O–H groups in total. The van der Waals surface area contributed by atoms with Crippen LogP contribution in [0, 0.1) is 13.8 Å². The molecule has 0 saturated heterocycles. The van der Waals surface area contributed by atoms with E-state index in [9.17, 15) is 0 Å². The lowest BCUT2D eigenvalue weighted by Gasteiger charge is -2.53. The van der Waals surface area contributed by atoms with Crippen LogP contribution < -0.4 is 26.2 Å². The van der Waals surface area contributed by atoms with Crippen LogP contribution in [0.15, 0.2) is 77.2 Å². The Morgan fingerprint density at radius 1 is 0.619 bits per heavy atom. The number of anilines is 4. The van der Waals surface area contributed by atoms with Crippen molar-refractivity contribution < 1.29 is 4.42 Å². The molecule has 5 aromatic carbocycles. The Bertz CT molecular complexity index is 3220. The molecule has 4 atom stereocenters. The van der Waals surface area contributed by atoms with Crippen molar-refractivity contribution >= 4 is 78.8 Å². The first-order valence-corrected chi connectivity index (χ1v) is 24.4. The number of benzene rings is 5. The first-order valence-electron chi connectivity index (χ1n) is 24.4. The molecule has 6 aliphatic rings. The van der Waals surface area contributed by atoms with Crippen LogP contribution in [0.3, 0.4) is 0 Å². The van der Waals surface area contributed by atoms with Gasteiger partial charge in [-0.3, -0.25) is 4.57 Å². The summed E-state index contributed by atoms with van der Waals surface area (Å²) < 4.78 is 9.79. The second-order valence-electron chi connectivity index (χ2n) is 24.1. The van der Waals surface area contributed by atoms with Crippen molar-refractivity contribution in [2.75, 3.05) is 9.80 Å². The molecule has 4 unspecified atom stereocenters. The van der Waals surface area contributed by atoms with Crippen LogP contribution in [0.25, 0.3) is 38.7 Å². The highest BCUT2D eigenvalue weighted by Crippen LogP contribution is 2.65. The maximum absolute atomic E-state index is 7.19. The Morgan fingerprint density at radius 2 is 1.25 bits per heavy atom. The van der Waals surface area contributed by atoms with Gasteiger partial charge in [-0.05, 0) is 144 Å². The first-order chi connectivity index (χ1) is 29.8. The summed E-state index contributed by atoms with van der Waals surface area (Å²) in [5.41, 5.74) is 23.2. The summed E-state index contributed by atoms with van der Waals surface area (Å²) >= 11 is 0. The molecule has 5 heteroatoms. The molecule has 2 aliphatic carbocycles. The maximum atomic E-state index is 7.19. The summed E-state index contributed by atoms with van der Waals surface area (Å²) in [7, 11) is 0. The minimum Gasteiger partial charge on any atom is -0.439 e. The number of hydrogen-bond acceptors (Lipinski definition) is 3. The molecule has 4 aliphatic heterocycles. The molecule has 0 amide bonds. The fraction of sp³-hybridized carbons (Fsp3) is 0.448. The third-order valence-corrected chi connectivity index (χ3v) is 18.7. The van der Waals surface area contributed by atoms with E-state index >= 15 is 0 Å². The number of hydrogen-bond donors (Lipinski definition) is 0. The summed E-state index contributed by atoms with van der Waals surface area (Å²) in [5, 5.41) is 3.77. The van der Waals surface area contributed by atoms with Crippen LogP contribution in [-0.2, 0) is 21.7 Å². The number of para-hydroxylation sites is 1. The number of fused-ring (bicyclic) bond motifs is 15. The van der Waals surface area contributed by atoms with E-state index in [1.807, 2.05) is 0 Å². The molecule has 0 spiro atoms. The van der Waals surface area contributed by atoms with Crippen LogP contribution in [0.2, 0.25) is 0 Å². The van der Waals surface area contributed by atoms with Gasteiger partial charge >= 0.3 is 0 Å². The maximum Gasteiger partial charge on any atom is 0.252 e. The molecule has 63 heavy (non-hydrogen) atoms. The van der Waals surface area contributed by atoms with Crippen LogP contribution in [0.4, 0.5) is 22.7 Å². The predicted molar refractivity (Wildman–Crippen MR) is 268 cm³/mol. The molecule has 320 valence electrons. The van der Waals surface area contributed by atoms with Crippen LogP contribution in [0.5, 0.6) is 0 Å². The smallest absolute Gasteiger partial charge is 0.252 e. The Labute approximate surface area is 375 Å². The summed E-state index contributed by atoms with van der Waals surface area (Å²) in [5.74, 6) is 0. The highest BCUT2D eigenvalue weighted by Gasteiger charge is 2.63. The second-order valence-corrected chi connectivity index (χ2v) is 24.1. The summed E-state index contributed by atoms with van der Waals surface area (Å²) in [4.78, 5) is 5.80. The monoisotopic (exact) mass is 830 g/mol. The second kappa shape index (κ2) is 11.7. The van der Waals surface area contributed by atoms with Gasteiger partial charge in [-0.2, -0.15) is 0 Å². The molecule has 6 heterocycles. The van der Waals surface area contributed by atoms with Crippen molar-refractivity contribution in [2.24, 2.45) is 0 Å². The minimum absolute atomic E-state index is 0.00499. The zero-order valence-corrected chi connectivity index (χ0v) is 39.9. The van der Waals surface area contributed by atoms with E-state index in [2.05, 4.69) is 170 Å². The van der Waals surface area contributed by atoms with Crippen molar-refractivity contribution in [2.45, 2.75) is 167 Å². The van der Waals surface area contributed by atoms with Gasteiger partial charge in [-0.15, -0.1) is 0 Å². The summed E-state index contributed by atoms with van der Waals surface area (Å²) in [6, 6.07) is 29.5. The lowest BCUT2D eigenvalue weighted by Crippen LogP contribution is -2.64. The quantitative estimate of drug-likeness (QED) is 0.154. The first kappa shape index (κ1) is 38.6.